The quantitative estimate of drug-likeness (QED) is 0.701. The van der Waals surface area contributed by atoms with Gasteiger partial charge in [0.1, 0.15) is 11.5 Å². The number of anilines is 2. The highest BCUT2D eigenvalue weighted by atomic mass is 16.6. The summed E-state index contributed by atoms with van der Waals surface area (Å²) in [6.07, 6.45) is 0. The van der Waals surface area contributed by atoms with E-state index in [1.54, 1.807) is 0 Å². The zero-order chi connectivity index (χ0) is 19.0. The molecule has 0 saturated carbocycles. The molecular weight excluding hydrogens is 344 g/mol. The summed E-state index contributed by atoms with van der Waals surface area (Å²) in [5.74, 6) is 1.57. The van der Waals surface area contributed by atoms with Gasteiger partial charge in [-0.3, -0.25) is 4.79 Å². The summed E-state index contributed by atoms with van der Waals surface area (Å²) < 4.78 is 4.79. The van der Waals surface area contributed by atoms with Crippen LogP contribution in [0.2, 0.25) is 0 Å². The molecule has 27 heavy (non-hydrogen) atoms. The number of carbonyl (C=O) groups is 1. The molecule has 3 heterocycles. The minimum absolute atomic E-state index is 0.0337. The molecule has 1 aromatic carbocycles. The first kappa shape index (κ1) is 17.3. The summed E-state index contributed by atoms with van der Waals surface area (Å²) in [4.78, 5) is 23.8. The minimum atomic E-state index is 0.0337. The van der Waals surface area contributed by atoms with Gasteiger partial charge in [0, 0.05) is 45.7 Å². The highest BCUT2D eigenvalue weighted by Crippen LogP contribution is 2.24. The van der Waals surface area contributed by atoms with Crippen LogP contribution in [0.3, 0.4) is 0 Å². The van der Waals surface area contributed by atoms with Crippen LogP contribution < -0.4 is 9.80 Å². The van der Waals surface area contributed by atoms with Crippen LogP contribution >= 0.6 is 0 Å². The number of pyridine rings is 1. The largest absolute Gasteiger partial charge is 0.363 e. The fourth-order valence-corrected chi connectivity index (χ4v) is 3.37. The number of carbonyl (C=O) groups excluding carboxylic acids is 1. The predicted molar refractivity (Wildman–Crippen MR) is 103 cm³/mol. The van der Waals surface area contributed by atoms with Gasteiger partial charge in [-0.25, -0.2) is 9.61 Å². The van der Waals surface area contributed by atoms with E-state index in [1.807, 2.05) is 61.2 Å². The topological polar surface area (TPSA) is 78.6 Å². The molecule has 1 saturated heterocycles. The standard InChI is InChI=1S/C19H22N6O2/c1-13-18(22-27-21-13)24-8-10-25(11-9-24)19(26)15-12-17(23(2)3)20-16-7-5-4-6-14(15)16/h4-7,12H,8-11H2,1-3H3. The van der Waals surface area contributed by atoms with E-state index in [0.717, 1.165) is 28.2 Å². The normalized spacial score (nSPS) is 14.6. The Morgan fingerprint density at radius 3 is 2.52 bits per heavy atom. The molecule has 1 aliphatic rings. The van der Waals surface area contributed by atoms with E-state index in [-0.39, 0.29) is 5.91 Å². The summed E-state index contributed by atoms with van der Waals surface area (Å²) in [6.45, 7) is 4.52. The van der Waals surface area contributed by atoms with Crippen LogP contribution in [0.1, 0.15) is 16.1 Å². The van der Waals surface area contributed by atoms with E-state index in [9.17, 15) is 4.79 Å². The summed E-state index contributed by atoms with van der Waals surface area (Å²) >= 11 is 0. The van der Waals surface area contributed by atoms with E-state index in [4.69, 9.17) is 4.63 Å². The lowest BCUT2D eigenvalue weighted by Gasteiger charge is -2.35. The van der Waals surface area contributed by atoms with Gasteiger partial charge in [0.25, 0.3) is 5.91 Å². The van der Waals surface area contributed by atoms with Crippen molar-refractivity contribution in [3.05, 3.63) is 41.6 Å². The Balaban J connectivity index is 1.59. The third kappa shape index (κ3) is 3.18. The van der Waals surface area contributed by atoms with Crippen LogP contribution in [-0.4, -0.2) is 66.4 Å². The fraction of sp³-hybridized carbons (Fsp3) is 0.368. The van der Waals surface area contributed by atoms with E-state index < -0.39 is 0 Å². The lowest BCUT2D eigenvalue weighted by molar-refractivity contribution is 0.0748. The third-order valence-corrected chi connectivity index (χ3v) is 4.89. The Labute approximate surface area is 157 Å². The number of fused-ring (bicyclic) bond motifs is 1. The van der Waals surface area contributed by atoms with Crippen molar-refractivity contribution in [1.29, 1.82) is 0 Å². The van der Waals surface area contributed by atoms with Crippen molar-refractivity contribution in [3.8, 4) is 0 Å². The molecule has 0 unspecified atom stereocenters. The van der Waals surface area contributed by atoms with Crippen molar-refractivity contribution < 1.29 is 9.42 Å². The zero-order valence-corrected chi connectivity index (χ0v) is 15.7. The molecule has 0 spiro atoms. The second kappa shape index (κ2) is 6.86. The number of para-hydroxylation sites is 1. The second-order valence-electron chi connectivity index (χ2n) is 6.89. The van der Waals surface area contributed by atoms with Crippen LogP contribution in [0.5, 0.6) is 0 Å². The molecule has 1 fully saturated rings. The van der Waals surface area contributed by atoms with Crippen LogP contribution in [0.25, 0.3) is 10.9 Å². The molecule has 2 aromatic heterocycles. The molecule has 140 valence electrons. The van der Waals surface area contributed by atoms with Crippen LogP contribution in [0.4, 0.5) is 11.6 Å². The van der Waals surface area contributed by atoms with E-state index >= 15 is 0 Å². The van der Waals surface area contributed by atoms with E-state index in [1.165, 1.54) is 0 Å². The summed E-state index contributed by atoms with van der Waals surface area (Å²) in [5, 5.41) is 8.68. The molecule has 8 nitrogen and oxygen atoms in total. The van der Waals surface area contributed by atoms with E-state index in [0.29, 0.717) is 31.7 Å². The monoisotopic (exact) mass is 366 g/mol. The van der Waals surface area contributed by atoms with Gasteiger partial charge in [-0.15, -0.1) is 0 Å². The number of hydrogen-bond acceptors (Lipinski definition) is 7. The number of hydrogen-bond donors (Lipinski definition) is 0. The molecule has 0 atom stereocenters. The van der Waals surface area contributed by atoms with Crippen molar-refractivity contribution >= 4 is 28.4 Å². The maximum atomic E-state index is 13.3. The van der Waals surface area contributed by atoms with Crippen molar-refractivity contribution in [2.45, 2.75) is 6.92 Å². The summed E-state index contributed by atoms with van der Waals surface area (Å²) in [7, 11) is 3.86. The van der Waals surface area contributed by atoms with Crippen LogP contribution in [-0.2, 0) is 0 Å². The molecule has 0 N–H and O–H groups in total. The highest BCUT2D eigenvalue weighted by molar-refractivity contribution is 6.07. The maximum Gasteiger partial charge on any atom is 0.254 e. The molecule has 8 heteroatoms. The lowest BCUT2D eigenvalue weighted by atomic mass is 10.1. The molecule has 0 radical (unpaired) electrons. The Kier molecular flexibility index (Phi) is 4.39. The number of nitrogens with zero attached hydrogens (tertiary/aromatic N) is 6. The molecule has 4 rings (SSSR count). The van der Waals surface area contributed by atoms with Crippen molar-refractivity contribution in [2.75, 3.05) is 50.1 Å². The second-order valence-corrected chi connectivity index (χ2v) is 6.89. The van der Waals surface area contributed by atoms with Gasteiger partial charge in [-0.2, -0.15) is 0 Å². The average molecular weight is 366 g/mol. The average Bonchev–Trinajstić information content (AvgIpc) is 3.12. The Hall–Kier alpha value is -3.16. The molecular formula is C19H22N6O2. The fourth-order valence-electron chi connectivity index (χ4n) is 3.37. The van der Waals surface area contributed by atoms with Crippen molar-refractivity contribution in [1.82, 2.24) is 20.2 Å². The lowest BCUT2D eigenvalue weighted by Crippen LogP contribution is -2.49. The minimum Gasteiger partial charge on any atom is -0.363 e. The van der Waals surface area contributed by atoms with Gasteiger partial charge < -0.3 is 14.7 Å². The molecule has 0 bridgehead atoms. The number of benzene rings is 1. The number of piperazine rings is 1. The Bertz CT molecular complexity index is 975. The number of amides is 1. The summed E-state index contributed by atoms with van der Waals surface area (Å²) in [6, 6.07) is 9.65. The first-order chi connectivity index (χ1) is 13.0. The van der Waals surface area contributed by atoms with Gasteiger partial charge in [0.05, 0.1) is 11.1 Å². The molecule has 3 aromatic rings. The first-order valence-corrected chi connectivity index (χ1v) is 8.95. The molecule has 0 aliphatic carbocycles. The van der Waals surface area contributed by atoms with Gasteiger partial charge in [-0.05, 0) is 24.2 Å². The smallest absolute Gasteiger partial charge is 0.254 e. The maximum absolute atomic E-state index is 13.3. The molecule has 1 amide bonds. The van der Waals surface area contributed by atoms with Crippen molar-refractivity contribution in [3.63, 3.8) is 0 Å². The van der Waals surface area contributed by atoms with Crippen LogP contribution in [0.15, 0.2) is 35.0 Å². The van der Waals surface area contributed by atoms with Gasteiger partial charge in [0.2, 0.25) is 0 Å². The van der Waals surface area contributed by atoms with Crippen LogP contribution in [0, 0.1) is 6.92 Å². The van der Waals surface area contributed by atoms with Gasteiger partial charge >= 0.3 is 0 Å². The SMILES string of the molecule is Cc1nonc1N1CCN(C(=O)c2cc(N(C)C)nc3ccccc23)CC1. The number of aryl methyl sites for hydroxylation is 1. The Morgan fingerprint density at radius 2 is 1.85 bits per heavy atom. The van der Waals surface area contributed by atoms with Crippen molar-refractivity contribution in [2.24, 2.45) is 0 Å². The number of rotatable bonds is 3. The van der Waals surface area contributed by atoms with Gasteiger partial charge in [-0.1, -0.05) is 23.4 Å². The van der Waals surface area contributed by atoms with Gasteiger partial charge in [0.15, 0.2) is 5.82 Å². The highest BCUT2D eigenvalue weighted by Gasteiger charge is 2.26. The summed E-state index contributed by atoms with van der Waals surface area (Å²) in [5.41, 5.74) is 2.29. The zero-order valence-electron chi connectivity index (χ0n) is 15.7. The predicted octanol–water partition coefficient (Wildman–Crippen LogP) is 1.95. The molecule has 1 aliphatic heterocycles. The number of aromatic nitrogens is 3. The third-order valence-electron chi connectivity index (χ3n) is 4.89. The first-order valence-electron chi connectivity index (χ1n) is 8.95. The van der Waals surface area contributed by atoms with E-state index in [2.05, 4.69) is 20.2 Å². The Morgan fingerprint density at radius 1 is 1.11 bits per heavy atom.